The van der Waals surface area contributed by atoms with Crippen molar-refractivity contribution in [1.29, 1.82) is 5.26 Å². The van der Waals surface area contributed by atoms with Crippen molar-refractivity contribution >= 4 is 11.7 Å². The minimum atomic E-state index is -1.05. The number of pyridine rings is 2. The molecule has 0 aliphatic heterocycles. The lowest BCUT2D eigenvalue weighted by Gasteiger charge is -2.10. The molecule has 0 amide bonds. The number of nitrogens with zero attached hydrogens (tertiary/aromatic N) is 3. The molecule has 0 aromatic carbocycles. The van der Waals surface area contributed by atoms with Crippen LogP contribution in [0.5, 0.6) is 0 Å². The topological polar surface area (TPSA) is 98.9 Å². The van der Waals surface area contributed by atoms with Gasteiger partial charge in [-0.3, -0.25) is 4.98 Å². The number of anilines is 1. The first-order valence-electron chi connectivity index (χ1n) is 6.31. The number of hydrogen-bond donors (Lipinski definition) is 2. The fraction of sp³-hybridized carbons (Fsp3) is 0.200. The van der Waals surface area contributed by atoms with Crippen molar-refractivity contribution in [2.75, 3.05) is 5.32 Å². The summed E-state index contributed by atoms with van der Waals surface area (Å²) in [4.78, 5) is 18.8. The van der Waals surface area contributed by atoms with E-state index < -0.39 is 5.97 Å². The zero-order valence-electron chi connectivity index (χ0n) is 11.7. The summed E-state index contributed by atoms with van der Waals surface area (Å²) in [5.74, 6) is -1.05. The van der Waals surface area contributed by atoms with Crippen LogP contribution in [0.2, 0.25) is 0 Å². The second kappa shape index (κ2) is 6.01. The van der Waals surface area contributed by atoms with Gasteiger partial charge in [0, 0.05) is 18.4 Å². The Balaban J connectivity index is 2.17. The van der Waals surface area contributed by atoms with E-state index in [2.05, 4.69) is 21.4 Å². The lowest BCUT2D eigenvalue weighted by Crippen LogP contribution is -2.06. The van der Waals surface area contributed by atoms with E-state index in [1.54, 1.807) is 13.0 Å². The molecule has 2 aromatic heterocycles. The molecule has 106 valence electrons. The number of nitriles is 1. The molecule has 0 fully saturated rings. The number of nitrogens with one attached hydrogen (secondary N) is 1. The van der Waals surface area contributed by atoms with Crippen LogP contribution < -0.4 is 5.32 Å². The average molecular weight is 282 g/mol. The van der Waals surface area contributed by atoms with Gasteiger partial charge in [0.25, 0.3) is 0 Å². The van der Waals surface area contributed by atoms with Crippen LogP contribution in [0.4, 0.5) is 5.69 Å². The van der Waals surface area contributed by atoms with Crippen molar-refractivity contribution in [3.63, 3.8) is 0 Å². The summed E-state index contributed by atoms with van der Waals surface area (Å²) in [6.45, 7) is 4.10. The fourth-order valence-corrected chi connectivity index (χ4v) is 1.96. The zero-order valence-corrected chi connectivity index (χ0v) is 11.7. The standard InChI is InChI=1S/C15H14N4O2/c1-9-5-14(12(6-16)10(2)19-9)18-8-11-3-4-13(15(20)21)17-7-11/h3-5,7H,8H2,1-2H3,(H,18,19)(H,20,21). The number of aryl methyl sites for hydroxylation is 2. The second-order valence-electron chi connectivity index (χ2n) is 4.59. The van der Waals surface area contributed by atoms with E-state index >= 15 is 0 Å². The summed E-state index contributed by atoms with van der Waals surface area (Å²) in [6.07, 6.45) is 1.50. The van der Waals surface area contributed by atoms with Crippen LogP contribution in [0.3, 0.4) is 0 Å². The summed E-state index contributed by atoms with van der Waals surface area (Å²) < 4.78 is 0. The Morgan fingerprint density at radius 3 is 2.76 bits per heavy atom. The monoisotopic (exact) mass is 282 g/mol. The molecule has 2 heterocycles. The summed E-state index contributed by atoms with van der Waals surface area (Å²) in [5.41, 5.74) is 3.57. The Morgan fingerprint density at radius 1 is 1.43 bits per heavy atom. The lowest BCUT2D eigenvalue weighted by atomic mass is 10.1. The highest BCUT2D eigenvalue weighted by atomic mass is 16.4. The number of rotatable bonds is 4. The van der Waals surface area contributed by atoms with E-state index in [1.165, 1.54) is 12.3 Å². The van der Waals surface area contributed by atoms with Gasteiger partial charge in [-0.25, -0.2) is 9.78 Å². The molecule has 2 aromatic rings. The van der Waals surface area contributed by atoms with Crippen molar-refractivity contribution in [3.8, 4) is 6.07 Å². The van der Waals surface area contributed by atoms with Crippen molar-refractivity contribution in [2.24, 2.45) is 0 Å². The first-order valence-corrected chi connectivity index (χ1v) is 6.31. The Hall–Kier alpha value is -2.94. The predicted octanol–water partition coefficient (Wildman–Crippen LogP) is 2.28. The summed E-state index contributed by atoms with van der Waals surface area (Å²) >= 11 is 0. The third-order valence-electron chi connectivity index (χ3n) is 2.97. The SMILES string of the molecule is Cc1cc(NCc2ccc(C(=O)O)nc2)c(C#N)c(C)n1. The predicted molar refractivity (Wildman–Crippen MR) is 76.9 cm³/mol. The molecule has 0 bridgehead atoms. The summed E-state index contributed by atoms with van der Waals surface area (Å²) in [7, 11) is 0. The van der Waals surface area contributed by atoms with Crippen LogP contribution in [0, 0.1) is 25.2 Å². The highest BCUT2D eigenvalue weighted by molar-refractivity contribution is 5.85. The van der Waals surface area contributed by atoms with Crippen LogP contribution in [0.1, 0.15) is 33.0 Å². The number of carboxylic acids is 1. The van der Waals surface area contributed by atoms with Gasteiger partial charge < -0.3 is 10.4 Å². The number of aromatic carboxylic acids is 1. The second-order valence-corrected chi connectivity index (χ2v) is 4.59. The van der Waals surface area contributed by atoms with Gasteiger partial charge in [-0.1, -0.05) is 6.07 Å². The van der Waals surface area contributed by atoms with Gasteiger partial charge >= 0.3 is 5.97 Å². The van der Waals surface area contributed by atoms with E-state index in [-0.39, 0.29) is 5.69 Å². The maximum atomic E-state index is 10.7. The number of aromatic nitrogens is 2. The van der Waals surface area contributed by atoms with Crippen molar-refractivity contribution < 1.29 is 9.90 Å². The molecule has 21 heavy (non-hydrogen) atoms. The minimum Gasteiger partial charge on any atom is -0.477 e. The zero-order chi connectivity index (χ0) is 15.4. The molecule has 2 rings (SSSR count). The number of carboxylic acid groups (broad SMARTS) is 1. The molecule has 0 atom stereocenters. The maximum absolute atomic E-state index is 10.7. The van der Waals surface area contributed by atoms with Gasteiger partial charge in [0.1, 0.15) is 11.8 Å². The van der Waals surface area contributed by atoms with Crippen LogP contribution >= 0.6 is 0 Å². The Bertz CT molecular complexity index is 718. The third kappa shape index (κ3) is 3.34. The van der Waals surface area contributed by atoms with E-state index in [0.717, 1.165) is 11.3 Å². The van der Waals surface area contributed by atoms with Crippen LogP contribution in [0.15, 0.2) is 24.4 Å². The average Bonchev–Trinajstić information content (AvgIpc) is 2.45. The molecule has 2 N–H and O–H groups in total. The van der Waals surface area contributed by atoms with E-state index in [9.17, 15) is 10.1 Å². The number of carbonyl (C=O) groups is 1. The van der Waals surface area contributed by atoms with E-state index in [1.807, 2.05) is 13.0 Å². The maximum Gasteiger partial charge on any atom is 0.354 e. The van der Waals surface area contributed by atoms with E-state index in [0.29, 0.717) is 23.5 Å². The van der Waals surface area contributed by atoms with Gasteiger partial charge in [0.15, 0.2) is 0 Å². The van der Waals surface area contributed by atoms with Crippen LogP contribution in [-0.4, -0.2) is 21.0 Å². The van der Waals surface area contributed by atoms with Crippen LogP contribution in [0.25, 0.3) is 0 Å². The first-order chi connectivity index (χ1) is 10.0. The van der Waals surface area contributed by atoms with Gasteiger partial charge in [-0.05, 0) is 31.5 Å². The minimum absolute atomic E-state index is 0.00654. The normalized spacial score (nSPS) is 9.95. The highest BCUT2D eigenvalue weighted by Gasteiger charge is 2.08. The Labute approximate surface area is 122 Å². The Morgan fingerprint density at radius 2 is 2.19 bits per heavy atom. The van der Waals surface area contributed by atoms with Crippen molar-refractivity contribution in [3.05, 3.63) is 52.6 Å². The highest BCUT2D eigenvalue weighted by Crippen LogP contribution is 2.19. The van der Waals surface area contributed by atoms with Crippen LogP contribution in [-0.2, 0) is 6.54 Å². The molecule has 0 aliphatic carbocycles. The molecule has 0 unspecified atom stereocenters. The Kier molecular flexibility index (Phi) is 4.14. The molecular formula is C15H14N4O2. The molecule has 0 radical (unpaired) electrons. The molecule has 0 spiro atoms. The summed E-state index contributed by atoms with van der Waals surface area (Å²) in [6, 6.07) is 7.09. The quantitative estimate of drug-likeness (QED) is 0.892. The number of hydrogen-bond acceptors (Lipinski definition) is 5. The van der Waals surface area contributed by atoms with Gasteiger partial charge in [0.2, 0.25) is 0 Å². The van der Waals surface area contributed by atoms with E-state index in [4.69, 9.17) is 5.11 Å². The van der Waals surface area contributed by atoms with Crippen molar-refractivity contribution in [2.45, 2.75) is 20.4 Å². The molecule has 0 saturated heterocycles. The summed E-state index contributed by atoms with van der Waals surface area (Å²) in [5, 5.41) is 21.1. The van der Waals surface area contributed by atoms with Crippen molar-refractivity contribution in [1.82, 2.24) is 9.97 Å². The smallest absolute Gasteiger partial charge is 0.354 e. The third-order valence-corrected chi connectivity index (χ3v) is 2.97. The molecule has 0 aliphatic rings. The molecular weight excluding hydrogens is 268 g/mol. The fourth-order valence-electron chi connectivity index (χ4n) is 1.96. The lowest BCUT2D eigenvalue weighted by molar-refractivity contribution is 0.0690. The largest absolute Gasteiger partial charge is 0.477 e. The van der Waals surface area contributed by atoms with Gasteiger partial charge in [-0.15, -0.1) is 0 Å². The molecule has 6 heteroatoms. The van der Waals surface area contributed by atoms with Gasteiger partial charge in [0.05, 0.1) is 16.9 Å². The molecule has 6 nitrogen and oxygen atoms in total. The van der Waals surface area contributed by atoms with Gasteiger partial charge in [-0.2, -0.15) is 5.26 Å². The molecule has 0 saturated carbocycles. The first kappa shape index (κ1) is 14.5.